The van der Waals surface area contributed by atoms with Crippen molar-refractivity contribution in [2.45, 2.75) is 26.2 Å². The zero-order valence-electron chi connectivity index (χ0n) is 16.0. The third-order valence-corrected chi connectivity index (χ3v) is 4.74. The molecule has 146 valence electrons. The minimum Gasteiger partial charge on any atom is -0.359 e. The Morgan fingerprint density at radius 1 is 1.14 bits per heavy atom. The van der Waals surface area contributed by atoms with Gasteiger partial charge in [-0.3, -0.25) is 20.4 Å². The summed E-state index contributed by atoms with van der Waals surface area (Å²) in [7, 11) is 1.57. The van der Waals surface area contributed by atoms with Gasteiger partial charge >= 0.3 is 6.03 Å². The maximum absolute atomic E-state index is 12.4. The van der Waals surface area contributed by atoms with Crippen LogP contribution in [-0.2, 0) is 5.41 Å². The number of anilines is 2. The highest BCUT2D eigenvalue weighted by atomic mass is 32.1. The van der Waals surface area contributed by atoms with Crippen molar-refractivity contribution in [3.05, 3.63) is 47.2 Å². The van der Waals surface area contributed by atoms with Gasteiger partial charge in [-0.2, -0.15) is 0 Å². The van der Waals surface area contributed by atoms with Gasteiger partial charge in [0.1, 0.15) is 10.8 Å². The van der Waals surface area contributed by atoms with Gasteiger partial charge in [-0.15, -0.1) is 11.3 Å². The maximum Gasteiger partial charge on any atom is 0.325 e. The Balaban J connectivity index is 1.75. The monoisotopic (exact) mass is 399 g/mol. The minimum absolute atomic E-state index is 0.202. The van der Waals surface area contributed by atoms with Crippen LogP contribution in [0.3, 0.4) is 0 Å². The summed E-state index contributed by atoms with van der Waals surface area (Å²) in [6.07, 6.45) is 1.56. The van der Waals surface area contributed by atoms with E-state index in [1.54, 1.807) is 31.4 Å². The quantitative estimate of drug-likeness (QED) is 0.612. The van der Waals surface area contributed by atoms with Crippen LogP contribution in [0.2, 0.25) is 0 Å². The zero-order chi connectivity index (χ0) is 20.3. The van der Waals surface area contributed by atoms with Crippen molar-refractivity contribution in [3.63, 3.8) is 0 Å². The predicted molar refractivity (Wildman–Crippen MR) is 109 cm³/mol. The van der Waals surface area contributed by atoms with Gasteiger partial charge in [0.05, 0.1) is 5.69 Å². The highest BCUT2D eigenvalue weighted by Gasteiger charge is 2.20. The van der Waals surface area contributed by atoms with Crippen molar-refractivity contribution < 1.29 is 14.1 Å². The van der Waals surface area contributed by atoms with Crippen LogP contribution in [0.15, 0.2) is 40.4 Å². The summed E-state index contributed by atoms with van der Waals surface area (Å²) in [5.74, 6) is 0.807. The predicted octanol–water partition coefficient (Wildman–Crippen LogP) is 4.10. The summed E-state index contributed by atoms with van der Waals surface area (Å²) in [5.41, 5.74) is 1.60. The number of carbonyl (C=O) groups is 2. The fraction of sp³-hybridized carbons (Fsp3) is 0.263. The van der Waals surface area contributed by atoms with Gasteiger partial charge in [0.2, 0.25) is 0 Å². The molecular weight excluding hydrogens is 378 g/mol. The van der Waals surface area contributed by atoms with Crippen LogP contribution < -0.4 is 16.0 Å². The summed E-state index contributed by atoms with van der Waals surface area (Å²) in [6, 6.07) is 6.40. The lowest BCUT2D eigenvalue weighted by Crippen LogP contribution is -2.19. The number of urea groups is 1. The summed E-state index contributed by atoms with van der Waals surface area (Å²) in [5, 5.41) is 14.4. The van der Waals surface area contributed by atoms with E-state index in [4.69, 9.17) is 4.52 Å². The number of aromatic nitrogens is 2. The molecule has 0 aliphatic carbocycles. The number of hydrogen-bond acceptors (Lipinski definition) is 6. The standard InChI is InChI=1S/C19H21N5O3S/c1-19(2,3)14-10-15(24-27-14)22-18(26)23-17-12(6-8-28-17)13-9-11(5-7-21-13)16(25)20-4/h5-10H,1-4H3,(H,20,25)(H2,22,23,24,26). The van der Waals surface area contributed by atoms with E-state index in [0.717, 1.165) is 5.56 Å². The Hall–Kier alpha value is -3.20. The largest absolute Gasteiger partial charge is 0.359 e. The molecule has 0 atom stereocenters. The fourth-order valence-electron chi connectivity index (χ4n) is 2.41. The molecule has 3 aromatic heterocycles. The van der Waals surface area contributed by atoms with Crippen molar-refractivity contribution in [1.29, 1.82) is 0 Å². The van der Waals surface area contributed by atoms with Crippen molar-refractivity contribution >= 4 is 34.1 Å². The summed E-state index contributed by atoms with van der Waals surface area (Å²) in [6.45, 7) is 5.99. The number of rotatable bonds is 4. The highest BCUT2D eigenvalue weighted by Crippen LogP contribution is 2.32. The molecule has 0 saturated heterocycles. The number of amides is 3. The van der Waals surface area contributed by atoms with E-state index in [-0.39, 0.29) is 11.3 Å². The summed E-state index contributed by atoms with van der Waals surface area (Å²) >= 11 is 1.36. The molecule has 3 amide bonds. The number of nitrogens with one attached hydrogen (secondary N) is 3. The molecule has 0 bridgehead atoms. The molecule has 28 heavy (non-hydrogen) atoms. The second kappa shape index (κ2) is 7.81. The first-order valence-electron chi connectivity index (χ1n) is 8.59. The van der Waals surface area contributed by atoms with Crippen molar-refractivity contribution in [2.24, 2.45) is 0 Å². The Morgan fingerprint density at radius 2 is 1.93 bits per heavy atom. The number of thiophene rings is 1. The molecule has 0 spiro atoms. The minimum atomic E-state index is -0.445. The van der Waals surface area contributed by atoms with Gasteiger partial charge in [0.15, 0.2) is 5.82 Å². The van der Waals surface area contributed by atoms with Gasteiger partial charge in [0, 0.05) is 35.9 Å². The van der Waals surface area contributed by atoms with Gasteiger partial charge in [-0.1, -0.05) is 25.9 Å². The Labute approximate surface area is 166 Å². The molecule has 3 aromatic rings. The summed E-state index contributed by atoms with van der Waals surface area (Å²) < 4.78 is 5.27. The molecule has 0 unspecified atom stereocenters. The van der Waals surface area contributed by atoms with Gasteiger partial charge in [-0.05, 0) is 23.6 Å². The number of hydrogen-bond donors (Lipinski definition) is 3. The highest BCUT2D eigenvalue weighted by molar-refractivity contribution is 7.15. The molecule has 9 heteroatoms. The molecule has 0 saturated carbocycles. The Bertz CT molecular complexity index is 1000. The first-order valence-corrected chi connectivity index (χ1v) is 9.47. The van der Waals surface area contributed by atoms with E-state index >= 15 is 0 Å². The van der Waals surface area contributed by atoms with E-state index in [0.29, 0.717) is 27.8 Å². The van der Waals surface area contributed by atoms with Gasteiger partial charge < -0.3 is 9.84 Å². The Morgan fingerprint density at radius 3 is 2.61 bits per heavy atom. The van der Waals surface area contributed by atoms with Crippen LogP contribution in [0.1, 0.15) is 36.9 Å². The molecule has 0 aliphatic rings. The smallest absolute Gasteiger partial charge is 0.325 e. The molecule has 8 nitrogen and oxygen atoms in total. The molecule has 3 rings (SSSR count). The molecule has 0 fully saturated rings. The third kappa shape index (κ3) is 4.37. The molecular formula is C19H21N5O3S. The van der Waals surface area contributed by atoms with Crippen molar-refractivity contribution in [3.8, 4) is 11.3 Å². The van der Waals surface area contributed by atoms with Gasteiger partial charge in [-0.25, -0.2) is 4.79 Å². The lowest BCUT2D eigenvalue weighted by atomic mass is 9.93. The Kier molecular flexibility index (Phi) is 5.46. The molecule has 3 N–H and O–H groups in total. The van der Waals surface area contributed by atoms with Crippen LogP contribution in [0.5, 0.6) is 0 Å². The van der Waals surface area contributed by atoms with E-state index in [9.17, 15) is 9.59 Å². The average Bonchev–Trinajstić information content (AvgIpc) is 3.30. The lowest BCUT2D eigenvalue weighted by Gasteiger charge is -2.12. The third-order valence-electron chi connectivity index (χ3n) is 3.91. The molecule has 0 radical (unpaired) electrons. The first kappa shape index (κ1) is 19.6. The first-order chi connectivity index (χ1) is 13.3. The van der Waals surface area contributed by atoms with E-state index in [1.165, 1.54) is 11.3 Å². The SMILES string of the molecule is CNC(=O)c1ccnc(-c2ccsc2NC(=O)Nc2cc(C(C)(C)C)on2)c1. The second-order valence-electron chi connectivity index (χ2n) is 7.08. The number of nitrogens with zero attached hydrogens (tertiary/aromatic N) is 2. The lowest BCUT2D eigenvalue weighted by molar-refractivity contribution is 0.0963. The van der Waals surface area contributed by atoms with Crippen LogP contribution >= 0.6 is 11.3 Å². The normalized spacial score (nSPS) is 11.1. The van der Waals surface area contributed by atoms with Crippen LogP contribution in [0, 0.1) is 0 Å². The van der Waals surface area contributed by atoms with E-state index in [1.807, 2.05) is 32.2 Å². The number of carbonyl (C=O) groups excluding carboxylic acids is 2. The molecule has 0 aromatic carbocycles. The maximum atomic E-state index is 12.4. The second-order valence-corrected chi connectivity index (χ2v) is 7.99. The summed E-state index contributed by atoms with van der Waals surface area (Å²) in [4.78, 5) is 28.5. The van der Waals surface area contributed by atoms with Crippen LogP contribution in [0.4, 0.5) is 15.6 Å². The zero-order valence-corrected chi connectivity index (χ0v) is 16.8. The molecule has 3 heterocycles. The average molecular weight is 399 g/mol. The number of pyridine rings is 1. The van der Waals surface area contributed by atoms with E-state index in [2.05, 4.69) is 26.1 Å². The van der Waals surface area contributed by atoms with E-state index < -0.39 is 6.03 Å². The molecule has 0 aliphatic heterocycles. The fourth-order valence-corrected chi connectivity index (χ4v) is 3.20. The van der Waals surface area contributed by atoms with Crippen molar-refractivity contribution in [1.82, 2.24) is 15.5 Å². The topological polar surface area (TPSA) is 109 Å². The van der Waals surface area contributed by atoms with Crippen LogP contribution in [0.25, 0.3) is 11.3 Å². The van der Waals surface area contributed by atoms with Crippen LogP contribution in [-0.4, -0.2) is 29.1 Å². The van der Waals surface area contributed by atoms with Gasteiger partial charge in [0.25, 0.3) is 5.91 Å². The van der Waals surface area contributed by atoms with Crippen molar-refractivity contribution in [2.75, 3.05) is 17.7 Å².